The zero-order valence-electron chi connectivity index (χ0n) is 20.8. The molecule has 0 aliphatic heterocycles. The summed E-state index contributed by atoms with van der Waals surface area (Å²) in [4.78, 5) is 30.0. The lowest BCUT2D eigenvalue weighted by atomic mass is 10.1. The van der Waals surface area contributed by atoms with Crippen molar-refractivity contribution in [3.8, 4) is 0 Å². The van der Waals surface area contributed by atoms with Gasteiger partial charge in [0.15, 0.2) is 5.13 Å². The van der Waals surface area contributed by atoms with Gasteiger partial charge in [0, 0.05) is 30.1 Å². The van der Waals surface area contributed by atoms with Gasteiger partial charge >= 0.3 is 0 Å². The van der Waals surface area contributed by atoms with Gasteiger partial charge in [-0.1, -0.05) is 60.6 Å². The van der Waals surface area contributed by atoms with Crippen molar-refractivity contribution in [1.29, 1.82) is 0 Å². The van der Waals surface area contributed by atoms with E-state index in [9.17, 15) is 9.59 Å². The normalized spacial score (nSPS) is 20.0. The number of fused-ring (bicyclic) bond motifs is 2. The Labute approximate surface area is 220 Å². The summed E-state index contributed by atoms with van der Waals surface area (Å²) >= 11 is 1.46. The Bertz CT molecular complexity index is 1440. The van der Waals surface area contributed by atoms with E-state index in [4.69, 9.17) is 0 Å². The van der Waals surface area contributed by atoms with E-state index in [0.717, 1.165) is 67.4 Å². The maximum absolute atomic E-state index is 13.0. The number of amides is 2. The van der Waals surface area contributed by atoms with Crippen LogP contribution in [-0.4, -0.2) is 22.8 Å². The van der Waals surface area contributed by atoms with Gasteiger partial charge in [-0.05, 0) is 72.7 Å². The van der Waals surface area contributed by atoms with Crippen molar-refractivity contribution in [3.63, 3.8) is 0 Å². The van der Waals surface area contributed by atoms with Crippen molar-refractivity contribution >= 4 is 55.0 Å². The van der Waals surface area contributed by atoms with Crippen LogP contribution in [0.3, 0.4) is 0 Å². The standard InChI is InChI=1S/C30H32N4O2S/c35-28(21-6-2-3-7-21)34-30-33-26-14-13-25(17-27(26)37-30)32-29(36)23-11-12-24(16-23)31-18-19-9-10-20-5-1-4-8-22(20)15-19/h1,4-5,8-10,13-15,17,21,23-24,31H,2-3,6-7,11-12,16,18H2,(H,32,36)(H,33,34,35)/t23-,24+/m0/s1. The molecule has 2 aliphatic carbocycles. The first-order chi connectivity index (χ1) is 18.1. The highest BCUT2D eigenvalue weighted by Crippen LogP contribution is 2.32. The zero-order chi connectivity index (χ0) is 25.2. The fourth-order valence-electron chi connectivity index (χ4n) is 5.71. The highest BCUT2D eigenvalue weighted by Gasteiger charge is 2.30. The summed E-state index contributed by atoms with van der Waals surface area (Å²) in [5.74, 6) is 0.274. The third-order valence-electron chi connectivity index (χ3n) is 7.82. The molecule has 2 saturated carbocycles. The molecule has 2 atom stereocenters. The highest BCUT2D eigenvalue weighted by molar-refractivity contribution is 7.22. The summed E-state index contributed by atoms with van der Waals surface area (Å²) in [5.41, 5.74) is 2.88. The molecule has 0 radical (unpaired) electrons. The molecule has 0 bridgehead atoms. The summed E-state index contributed by atoms with van der Waals surface area (Å²) in [6.07, 6.45) is 6.93. The Morgan fingerprint density at radius 3 is 2.51 bits per heavy atom. The van der Waals surface area contributed by atoms with Gasteiger partial charge in [-0.3, -0.25) is 9.59 Å². The average Bonchev–Trinajstić information content (AvgIpc) is 3.68. The minimum absolute atomic E-state index is 0.00696. The van der Waals surface area contributed by atoms with Gasteiger partial charge in [0.1, 0.15) is 0 Å². The molecular weight excluding hydrogens is 480 g/mol. The van der Waals surface area contributed by atoms with Crippen molar-refractivity contribution in [2.75, 3.05) is 10.6 Å². The number of nitrogens with zero attached hydrogens (tertiary/aromatic N) is 1. The summed E-state index contributed by atoms with van der Waals surface area (Å²) in [6.45, 7) is 0.811. The van der Waals surface area contributed by atoms with Gasteiger partial charge in [-0.2, -0.15) is 0 Å². The van der Waals surface area contributed by atoms with E-state index < -0.39 is 0 Å². The highest BCUT2D eigenvalue weighted by atomic mass is 32.1. The number of thiazole rings is 1. The van der Waals surface area contributed by atoms with Gasteiger partial charge in [-0.25, -0.2) is 4.98 Å². The van der Waals surface area contributed by atoms with E-state index in [0.29, 0.717) is 11.2 Å². The molecule has 7 heteroatoms. The number of nitrogens with one attached hydrogen (secondary N) is 3. The van der Waals surface area contributed by atoms with E-state index in [1.807, 2.05) is 18.2 Å². The zero-order valence-corrected chi connectivity index (χ0v) is 21.7. The fraction of sp³-hybridized carbons (Fsp3) is 0.367. The van der Waals surface area contributed by atoms with Crippen molar-refractivity contribution in [1.82, 2.24) is 10.3 Å². The SMILES string of the molecule is O=C(Nc1nc2ccc(NC(=O)[C@H]3CC[C@@H](NCc4ccc5ccccc5c4)C3)cc2s1)C1CCCC1. The number of rotatable bonds is 7. The molecule has 0 unspecified atom stereocenters. The van der Waals surface area contributed by atoms with Gasteiger partial charge in [0.05, 0.1) is 10.2 Å². The number of anilines is 2. The molecular formula is C30H32N4O2S. The van der Waals surface area contributed by atoms with Crippen molar-refractivity contribution in [2.24, 2.45) is 11.8 Å². The third kappa shape index (κ3) is 5.53. The second kappa shape index (κ2) is 10.6. The van der Waals surface area contributed by atoms with Gasteiger partial charge in [0.2, 0.25) is 11.8 Å². The lowest BCUT2D eigenvalue weighted by molar-refractivity contribution is -0.120. The molecule has 1 aromatic heterocycles. The Balaban J connectivity index is 1.02. The van der Waals surface area contributed by atoms with Crippen LogP contribution >= 0.6 is 11.3 Å². The molecule has 2 fully saturated rings. The second-order valence-corrected chi connectivity index (χ2v) is 11.5. The largest absolute Gasteiger partial charge is 0.326 e. The van der Waals surface area contributed by atoms with E-state index >= 15 is 0 Å². The van der Waals surface area contributed by atoms with Gasteiger partial charge in [-0.15, -0.1) is 0 Å². The lowest BCUT2D eigenvalue weighted by Crippen LogP contribution is -2.28. The molecule has 6 nitrogen and oxygen atoms in total. The van der Waals surface area contributed by atoms with E-state index in [2.05, 4.69) is 63.4 Å². The number of aromatic nitrogens is 1. The molecule has 1 heterocycles. The topological polar surface area (TPSA) is 83.1 Å². The number of carbonyl (C=O) groups is 2. The van der Waals surface area contributed by atoms with Crippen molar-refractivity contribution in [3.05, 3.63) is 66.2 Å². The van der Waals surface area contributed by atoms with E-state index in [-0.39, 0.29) is 23.7 Å². The first kappa shape index (κ1) is 24.1. The molecule has 0 spiro atoms. The molecule has 0 saturated heterocycles. The van der Waals surface area contributed by atoms with Crippen LogP contribution in [-0.2, 0) is 16.1 Å². The van der Waals surface area contributed by atoms with Gasteiger partial charge < -0.3 is 16.0 Å². The second-order valence-electron chi connectivity index (χ2n) is 10.4. The smallest absolute Gasteiger partial charge is 0.229 e. The molecule has 190 valence electrons. The van der Waals surface area contributed by atoms with Crippen LogP contribution in [0.1, 0.15) is 50.5 Å². The minimum atomic E-state index is 0.00696. The lowest BCUT2D eigenvalue weighted by Gasteiger charge is -2.14. The molecule has 37 heavy (non-hydrogen) atoms. The molecule has 3 aromatic carbocycles. The third-order valence-corrected chi connectivity index (χ3v) is 8.76. The van der Waals surface area contributed by atoms with Crippen LogP contribution in [0.25, 0.3) is 21.0 Å². The predicted octanol–water partition coefficient (Wildman–Crippen LogP) is 6.48. The van der Waals surface area contributed by atoms with Crippen LogP contribution in [0.15, 0.2) is 60.7 Å². The number of hydrogen-bond acceptors (Lipinski definition) is 5. The summed E-state index contributed by atoms with van der Waals surface area (Å²) in [6, 6.07) is 21.1. The minimum Gasteiger partial charge on any atom is -0.326 e. The fourth-order valence-corrected chi connectivity index (χ4v) is 6.62. The summed E-state index contributed by atoms with van der Waals surface area (Å²) in [5, 5.41) is 12.9. The summed E-state index contributed by atoms with van der Waals surface area (Å²) < 4.78 is 0.959. The first-order valence-electron chi connectivity index (χ1n) is 13.3. The van der Waals surface area contributed by atoms with Crippen molar-refractivity contribution < 1.29 is 9.59 Å². The Hall–Kier alpha value is -3.29. The average molecular weight is 513 g/mol. The molecule has 3 N–H and O–H groups in total. The van der Waals surface area contributed by atoms with Gasteiger partial charge in [0.25, 0.3) is 0 Å². The molecule has 6 rings (SSSR count). The molecule has 2 amide bonds. The van der Waals surface area contributed by atoms with Crippen molar-refractivity contribution in [2.45, 2.75) is 57.5 Å². The van der Waals surface area contributed by atoms with E-state index in [1.165, 1.54) is 27.7 Å². The maximum atomic E-state index is 13.0. The Morgan fingerprint density at radius 1 is 0.838 bits per heavy atom. The van der Waals surface area contributed by atoms with E-state index in [1.54, 1.807) is 0 Å². The van der Waals surface area contributed by atoms with Crippen LogP contribution in [0.5, 0.6) is 0 Å². The molecule has 2 aliphatic rings. The Morgan fingerprint density at radius 2 is 1.65 bits per heavy atom. The quantitative estimate of drug-likeness (QED) is 0.265. The number of carbonyl (C=O) groups excluding carboxylic acids is 2. The number of benzene rings is 3. The first-order valence-corrected chi connectivity index (χ1v) is 14.2. The number of hydrogen-bond donors (Lipinski definition) is 3. The molecule has 4 aromatic rings. The Kier molecular flexibility index (Phi) is 6.89. The monoisotopic (exact) mass is 512 g/mol. The maximum Gasteiger partial charge on any atom is 0.229 e. The van der Waals surface area contributed by atoms with Crippen LogP contribution in [0, 0.1) is 11.8 Å². The van der Waals surface area contributed by atoms with Crippen LogP contribution in [0.2, 0.25) is 0 Å². The summed E-state index contributed by atoms with van der Waals surface area (Å²) in [7, 11) is 0. The van der Waals surface area contributed by atoms with Crippen LogP contribution in [0.4, 0.5) is 10.8 Å². The predicted molar refractivity (Wildman–Crippen MR) is 151 cm³/mol. The van der Waals surface area contributed by atoms with Crippen LogP contribution < -0.4 is 16.0 Å².